The normalized spacial score (nSPS) is 24.7. The standard InChI is InChI=1S/C24H35N3O3.C2HF3O2/c1-4-26-16-20-23(9-10-24(20,17-26)22(29)25-2)11-13-27(14-12-23)21(28)15-18-5-7-19(30-3)8-6-18;3-2(4,5)1(6)7/h5-8,20H,4,9-17H2,1-3H3,(H,25,29);(H,6,7)/t20-,24+;/m0./s1. The van der Waals surface area contributed by atoms with Crippen molar-refractivity contribution in [2.24, 2.45) is 16.7 Å². The van der Waals surface area contributed by atoms with Gasteiger partial charge in [0.15, 0.2) is 0 Å². The molecule has 1 saturated carbocycles. The smallest absolute Gasteiger partial charge is 0.490 e. The molecular formula is C26H36F3N3O5. The van der Waals surface area contributed by atoms with Crippen LogP contribution in [0.2, 0.25) is 0 Å². The van der Waals surface area contributed by atoms with E-state index < -0.39 is 12.1 Å². The summed E-state index contributed by atoms with van der Waals surface area (Å²) in [6.07, 6.45) is -0.520. The van der Waals surface area contributed by atoms with Crippen LogP contribution >= 0.6 is 0 Å². The average Bonchev–Trinajstić information content (AvgIpc) is 3.40. The fourth-order valence-electron chi connectivity index (χ4n) is 6.35. The molecule has 2 aliphatic heterocycles. The monoisotopic (exact) mass is 527 g/mol. The molecule has 0 radical (unpaired) electrons. The first-order chi connectivity index (χ1) is 17.4. The number of halogens is 3. The third kappa shape index (κ3) is 6.02. The Hall–Kier alpha value is -2.82. The largest absolute Gasteiger partial charge is 0.497 e. The summed E-state index contributed by atoms with van der Waals surface area (Å²) in [6, 6.07) is 7.75. The molecule has 0 bridgehead atoms. The van der Waals surface area contributed by atoms with Crippen molar-refractivity contribution >= 4 is 17.8 Å². The summed E-state index contributed by atoms with van der Waals surface area (Å²) in [6.45, 7) is 6.70. The van der Waals surface area contributed by atoms with E-state index in [2.05, 4.69) is 17.1 Å². The Morgan fingerprint density at radius 2 is 1.70 bits per heavy atom. The van der Waals surface area contributed by atoms with E-state index in [1.807, 2.05) is 29.2 Å². The molecule has 206 valence electrons. The first-order valence-electron chi connectivity index (χ1n) is 12.6. The number of hydrogen-bond acceptors (Lipinski definition) is 5. The van der Waals surface area contributed by atoms with E-state index in [-0.39, 0.29) is 22.6 Å². The zero-order chi connectivity index (χ0) is 27.4. The first-order valence-corrected chi connectivity index (χ1v) is 12.6. The van der Waals surface area contributed by atoms with Gasteiger partial charge >= 0.3 is 12.1 Å². The van der Waals surface area contributed by atoms with Gasteiger partial charge in [-0.05, 0) is 61.3 Å². The highest BCUT2D eigenvalue weighted by atomic mass is 19.4. The minimum atomic E-state index is -5.08. The molecule has 8 nitrogen and oxygen atoms in total. The zero-order valence-electron chi connectivity index (χ0n) is 21.6. The molecule has 0 aromatic heterocycles. The topological polar surface area (TPSA) is 99.2 Å². The number of aliphatic carboxylic acids is 1. The van der Waals surface area contributed by atoms with Gasteiger partial charge in [-0.15, -0.1) is 0 Å². The van der Waals surface area contributed by atoms with Crippen molar-refractivity contribution in [3.63, 3.8) is 0 Å². The molecule has 11 heteroatoms. The Morgan fingerprint density at radius 1 is 1.11 bits per heavy atom. The number of methoxy groups -OCH3 is 1. The number of piperidine rings is 1. The van der Waals surface area contributed by atoms with Crippen LogP contribution in [-0.2, 0) is 20.8 Å². The lowest BCUT2D eigenvalue weighted by Gasteiger charge is -2.44. The third-order valence-electron chi connectivity index (χ3n) is 8.42. The number of carbonyl (C=O) groups is 3. The Bertz CT molecular complexity index is 977. The number of carboxylic acid groups (broad SMARTS) is 1. The van der Waals surface area contributed by atoms with Crippen LogP contribution in [0.1, 0.15) is 38.2 Å². The van der Waals surface area contributed by atoms with Crippen molar-refractivity contribution in [2.75, 3.05) is 46.9 Å². The fraction of sp³-hybridized carbons (Fsp3) is 0.654. The maximum atomic E-state index is 12.9. The summed E-state index contributed by atoms with van der Waals surface area (Å²) in [5.74, 6) is -1.12. The molecule has 3 aliphatic rings. The SMILES string of the molecule is CCN1C[C@H]2C3(CCN(C(=O)Cc4ccc(OC)cc4)CC3)CC[C@@]2(C(=O)NC)C1.O=C(O)C(F)(F)F. The summed E-state index contributed by atoms with van der Waals surface area (Å²) in [5.41, 5.74) is 0.989. The lowest BCUT2D eigenvalue weighted by molar-refractivity contribution is -0.192. The number of carbonyl (C=O) groups excluding carboxylic acids is 2. The van der Waals surface area contributed by atoms with Crippen LogP contribution < -0.4 is 10.1 Å². The lowest BCUT2D eigenvalue weighted by atomic mass is 9.65. The lowest BCUT2D eigenvalue weighted by Crippen LogP contribution is -2.49. The Labute approximate surface area is 215 Å². The maximum absolute atomic E-state index is 12.9. The van der Waals surface area contributed by atoms with E-state index in [9.17, 15) is 22.8 Å². The van der Waals surface area contributed by atoms with Gasteiger partial charge in [0.25, 0.3) is 0 Å². The van der Waals surface area contributed by atoms with Crippen LogP contribution in [0, 0.1) is 16.7 Å². The molecule has 1 aliphatic carbocycles. The quantitative estimate of drug-likeness (QED) is 0.611. The van der Waals surface area contributed by atoms with E-state index in [1.54, 1.807) is 14.2 Å². The highest BCUT2D eigenvalue weighted by Crippen LogP contribution is 2.62. The molecule has 1 spiro atoms. The summed E-state index contributed by atoms with van der Waals surface area (Å²) >= 11 is 0. The van der Waals surface area contributed by atoms with Crippen molar-refractivity contribution in [2.45, 2.75) is 45.2 Å². The predicted octanol–water partition coefficient (Wildman–Crippen LogP) is 2.96. The second-order valence-corrected chi connectivity index (χ2v) is 10.2. The fourth-order valence-corrected chi connectivity index (χ4v) is 6.35. The van der Waals surface area contributed by atoms with Crippen molar-refractivity contribution in [3.05, 3.63) is 29.8 Å². The van der Waals surface area contributed by atoms with Crippen LogP contribution in [0.3, 0.4) is 0 Å². The number of benzene rings is 1. The molecule has 1 aromatic carbocycles. The number of ether oxygens (including phenoxy) is 1. The number of nitrogens with one attached hydrogen (secondary N) is 1. The van der Waals surface area contributed by atoms with Crippen molar-refractivity contribution in [3.8, 4) is 5.75 Å². The number of nitrogens with zero attached hydrogens (tertiary/aromatic N) is 2. The summed E-state index contributed by atoms with van der Waals surface area (Å²) in [7, 11) is 3.42. The number of alkyl halides is 3. The van der Waals surface area contributed by atoms with E-state index in [0.717, 1.165) is 69.7 Å². The van der Waals surface area contributed by atoms with Gasteiger partial charge in [0, 0.05) is 33.2 Å². The van der Waals surface area contributed by atoms with Crippen LogP contribution in [0.4, 0.5) is 13.2 Å². The first kappa shape index (κ1) is 28.7. The molecule has 2 N–H and O–H groups in total. The molecule has 1 aromatic rings. The molecule has 2 amide bonds. The van der Waals surface area contributed by atoms with E-state index in [4.69, 9.17) is 14.6 Å². The Kier molecular flexibility index (Phi) is 8.77. The van der Waals surface area contributed by atoms with E-state index >= 15 is 0 Å². The average molecular weight is 528 g/mol. The Morgan fingerprint density at radius 3 is 2.19 bits per heavy atom. The zero-order valence-corrected chi connectivity index (χ0v) is 21.6. The van der Waals surface area contributed by atoms with Crippen LogP contribution in [0.15, 0.2) is 24.3 Å². The van der Waals surface area contributed by atoms with Gasteiger partial charge < -0.3 is 25.0 Å². The maximum Gasteiger partial charge on any atom is 0.490 e. The number of rotatable bonds is 5. The van der Waals surface area contributed by atoms with Crippen LogP contribution in [0.5, 0.6) is 5.75 Å². The van der Waals surface area contributed by atoms with Gasteiger partial charge in [0.1, 0.15) is 5.75 Å². The van der Waals surface area contributed by atoms with Gasteiger partial charge in [-0.1, -0.05) is 19.1 Å². The molecule has 2 heterocycles. The molecule has 2 atom stereocenters. The molecule has 0 unspecified atom stereocenters. The van der Waals surface area contributed by atoms with Crippen molar-refractivity contribution in [1.82, 2.24) is 15.1 Å². The number of fused-ring (bicyclic) bond motifs is 2. The molecular weight excluding hydrogens is 491 g/mol. The molecule has 4 rings (SSSR count). The number of carboxylic acids is 1. The molecule has 3 fully saturated rings. The molecule has 2 saturated heterocycles. The summed E-state index contributed by atoms with van der Waals surface area (Å²) in [4.78, 5) is 39.2. The van der Waals surface area contributed by atoms with Gasteiger partial charge in [-0.2, -0.15) is 13.2 Å². The Balaban J connectivity index is 0.000000479. The van der Waals surface area contributed by atoms with E-state index in [0.29, 0.717) is 12.3 Å². The summed E-state index contributed by atoms with van der Waals surface area (Å²) < 4.78 is 36.9. The van der Waals surface area contributed by atoms with Gasteiger partial charge in [0.2, 0.25) is 11.8 Å². The van der Waals surface area contributed by atoms with Crippen molar-refractivity contribution in [1.29, 1.82) is 0 Å². The van der Waals surface area contributed by atoms with Crippen molar-refractivity contribution < 1.29 is 37.4 Å². The minimum absolute atomic E-state index is 0.201. The van der Waals surface area contributed by atoms with Gasteiger partial charge in [0.05, 0.1) is 18.9 Å². The van der Waals surface area contributed by atoms with E-state index in [1.165, 1.54) is 0 Å². The summed E-state index contributed by atoms with van der Waals surface area (Å²) in [5, 5.41) is 10.1. The van der Waals surface area contributed by atoms with Crippen LogP contribution in [0.25, 0.3) is 0 Å². The number of amides is 2. The second kappa shape index (κ2) is 11.3. The molecule has 37 heavy (non-hydrogen) atoms. The van der Waals surface area contributed by atoms with Gasteiger partial charge in [-0.3, -0.25) is 9.59 Å². The highest BCUT2D eigenvalue weighted by Gasteiger charge is 2.63. The third-order valence-corrected chi connectivity index (χ3v) is 8.42. The minimum Gasteiger partial charge on any atom is -0.497 e. The highest BCUT2D eigenvalue weighted by molar-refractivity contribution is 5.84. The van der Waals surface area contributed by atoms with Crippen LogP contribution in [-0.4, -0.2) is 85.7 Å². The predicted molar refractivity (Wildman–Crippen MR) is 130 cm³/mol. The second-order valence-electron chi connectivity index (χ2n) is 10.2. The number of likely N-dealkylation sites (tertiary alicyclic amines) is 2. The number of hydrogen-bond donors (Lipinski definition) is 2. The van der Waals surface area contributed by atoms with Gasteiger partial charge in [-0.25, -0.2) is 4.79 Å².